The van der Waals surface area contributed by atoms with Gasteiger partial charge in [-0.2, -0.15) is 0 Å². The first-order chi connectivity index (χ1) is 14.0. The highest BCUT2D eigenvalue weighted by molar-refractivity contribution is 6.30. The van der Waals surface area contributed by atoms with E-state index in [1.54, 1.807) is 0 Å². The lowest BCUT2D eigenvalue weighted by molar-refractivity contribution is -0.933. The number of hydrogen-bond acceptors (Lipinski definition) is 2. The number of anilines is 1. The van der Waals surface area contributed by atoms with E-state index in [0.29, 0.717) is 13.2 Å². The Morgan fingerprint density at radius 1 is 1.00 bits per heavy atom. The summed E-state index contributed by atoms with van der Waals surface area (Å²) in [4.78, 5) is 13.0. The Kier molecular flexibility index (Phi) is 9.49. The van der Waals surface area contributed by atoms with Crippen molar-refractivity contribution in [2.24, 2.45) is 0 Å². The second-order valence-electron chi connectivity index (χ2n) is 7.66. The molecule has 0 saturated heterocycles. The maximum absolute atomic E-state index is 13.0. The first-order valence-corrected chi connectivity index (χ1v) is 11.0. The SMILES string of the molecule is CCCOc1cccc(NC(=O)C[N+](CCC)(CCC)Cc2ccc(Cl)cc2)c1. The lowest BCUT2D eigenvalue weighted by atomic mass is 10.1. The van der Waals surface area contributed by atoms with E-state index in [2.05, 4.69) is 38.2 Å². The zero-order valence-corrected chi connectivity index (χ0v) is 18.7. The van der Waals surface area contributed by atoms with Crippen LogP contribution in [0, 0.1) is 0 Å². The Labute approximate surface area is 180 Å². The quantitative estimate of drug-likeness (QED) is 0.436. The predicted octanol–water partition coefficient (Wildman–Crippen LogP) is 5.90. The molecule has 0 saturated carbocycles. The highest BCUT2D eigenvalue weighted by Gasteiger charge is 2.29. The molecule has 2 aromatic rings. The van der Waals surface area contributed by atoms with Gasteiger partial charge in [-0.15, -0.1) is 0 Å². The first-order valence-electron chi connectivity index (χ1n) is 10.6. The van der Waals surface area contributed by atoms with Gasteiger partial charge in [0.25, 0.3) is 5.91 Å². The first kappa shape index (κ1) is 23.2. The second-order valence-corrected chi connectivity index (χ2v) is 8.09. The van der Waals surface area contributed by atoms with Crippen LogP contribution in [0.1, 0.15) is 45.6 Å². The van der Waals surface area contributed by atoms with Crippen LogP contribution in [-0.4, -0.2) is 36.6 Å². The monoisotopic (exact) mass is 417 g/mol. The van der Waals surface area contributed by atoms with E-state index in [1.165, 1.54) is 5.56 Å². The van der Waals surface area contributed by atoms with Gasteiger partial charge in [0.1, 0.15) is 12.3 Å². The van der Waals surface area contributed by atoms with Gasteiger partial charge in [-0.3, -0.25) is 4.79 Å². The maximum atomic E-state index is 13.0. The smallest absolute Gasteiger partial charge is 0.279 e. The Morgan fingerprint density at radius 2 is 1.69 bits per heavy atom. The highest BCUT2D eigenvalue weighted by Crippen LogP contribution is 2.21. The minimum absolute atomic E-state index is 0.0357. The molecule has 0 radical (unpaired) electrons. The molecule has 0 aliphatic rings. The molecule has 29 heavy (non-hydrogen) atoms. The molecule has 0 bridgehead atoms. The molecule has 0 spiro atoms. The fraction of sp³-hybridized carbons (Fsp3) is 0.458. The summed E-state index contributed by atoms with van der Waals surface area (Å²) in [5.41, 5.74) is 1.99. The summed E-state index contributed by atoms with van der Waals surface area (Å²) in [6.45, 7) is 10.3. The van der Waals surface area contributed by atoms with Gasteiger partial charge in [-0.05, 0) is 43.5 Å². The molecule has 1 N–H and O–H groups in total. The predicted molar refractivity (Wildman–Crippen MR) is 121 cm³/mol. The second kappa shape index (κ2) is 11.8. The molecule has 2 aromatic carbocycles. The number of rotatable bonds is 12. The number of carbonyl (C=O) groups is 1. The van der Waals surface area contributed by atoms with Crippen molar-refractivity contribution in [3.05, 3.63) is 59.1 Å². The summed E-state index contributed by atoms with van der Waals surface area (Å²) in [5.74, 6) is 0.821. The zero-order valence-electron chi connectivity index (χ0n) is 17.9. The van der Waals surface area contributed by atoms with E-state index < -0.39 is 0 Å². The van der Waals surface area contributed by atoms with Crippen LogP contribution >= 0.6 is 11.6 Å². The number of halogens is 1. The molecule has 0 aliphatic carbocycles. The number of nitrogens with zero attached hydrogens (tertiary/aromatic N) is 1. The minimum Gasteiger partial charge on any atom is -0.494 e. The van der Waals surface area contributed by atoms with Crippen molar-refractivity contribution in [2.75, 3.05) is 31.6 Å². The normalized spacial score (nSPS) is 11.3. The Morgan fingerprint density at radius 3 is 2.31 bits per heavy atom. The van der Waals surface area contributed by atoms with Crippen LogP contribution in [0.2, 0.25) is 5.02 Å². The summed E-state index contributed by atoms with van der Waals surface area (Å²) in [6.07, 6.45) is 3.01. The summed E-state index contributed by atoms with van der Waals surface area (Å²) in [5, 5.41) is 3.81. The van der Waals surface area contributed by atoms with Crippen LogP contribution in [0.4, 0.5) is 5.69 Å². The number of hydrogen-bond donors (Lipinski definition) is 1. The van der Waals surface area contributed by atoms with Crippen LogP contribution in [-0.2, 0) is 11.3 Å². The van der Waals surface area contributed by atoms with E-state index in [9.17, 15) is 4.79 Å². The van der Waals surface area contributed by atoms with E-state index in [1.807, 2.05) is 36.4 Å². The van der Waals surface area contributed by atoms with Crippen LogP contribution in [0.25, 0.3) is 0 Å². The van der Waals surface area contributed by atoms with Crippen molar-refractivity contribution in [1.82, 2.24) is 0 Å². The number of amides is 1. The summed E-state index contributed by atoms with van der Waals surface area (Å²) in [6, 6.07) is 15.6. The number of nitrogens with one attached hydrogen (secondary N) is 1. The third-order valence-corrected chi connectivity index (χ3v) is 5.15. The van der Waals surface area contributed by atoms with Crippen molar-refractivity contribution in [3.8, 4) is 5.75 Å². The molecule has 1 amide bonds. The number of ether oxygens (including phenoxy) is 1. The third-order valence-electron chi connectivity index (χ3n) is 4.90. The Hall–Kier alpha value is -2.04. The summed E-state index contributed by atoms with van der Waals surface area (Å²) >= 11 is 6.04. The number of benzene rings is 2. The molecule has 4 nitrogen and oxygen atoms in total. The molecule has 0 unspecified atom stereocenters. The largest absolute Gasteiger partial charge is 0.494 e. The fourth-order valence-electron chi connectivity index (χ4n) is 3.80. The molecule has 0 atom stereocenters. The van der Waals surface area contributed by atoms with Gasteiger partial charge in [0.05, 0.1) is 19.7 Å². The average Bonchev–Trinajstić information content (AvgIpc) is 2.69. The molecule has 2 rings (SSSR count). The van der Waals surface area contributed by atoms with Gasteiger partial charge in [0, 0.05) is 22.3 Å². The standard InChI is InChI=1S/C24H33ClN2O2/c1-4-14-27(15-5-2,18-20-10-12-21(25)13-11-20)19-24(28)26-22-8-7-9-23(17-22)29-16-6-3/h7-13,17H,4-6,14-16,18-19H2,1-3H3/p+1. The lowest BCUT2D eigenvalue weighted by Gasteiger charge is -2.38. The molecule has 5 heteroatoms. The van der Waals surface area contributed by atoms with Gasteiger partial charge < -0.3 is 14.5 Å². The topological polar surface area (TPSA) is 38.3 Å². The van der Waals surface area contributed by atoms with Crippen molar-refractivity contribution in [3.63, 3.8) is 0 Å². The minimum atomic E-state index is 0.0357. The Bertz CT molecular complexity index is 756. The van der Waals surface area contributed by atoms with Gasteiger partial charge in [-0.1, -0.05) is 50.6 Å². The van der Waals surface area contributed by atoms with Gasteiger partial charge in [0.2, 0.25) is 0 Å². The van der Waals surface area contributed by atoms with E-state index in [-0.39, 0.29) is 5.91 Å². The van der Waals surface area contributed by atoms with Crippen LogP contribution < -0.4 is 10.1 Å². The zero-order chi connectivity index (χ0) is 21.1. The van der Waals surface area contributed by atoms with Crippen molar-refractivity contribution >= 4 is 23.2 Å². The van der Waals surface area contributed by atoms with Gasteiger partial charge in [0.15, 0.2) is 6.54 Å². The van der Waals surface area contributed by atoms with E-state index in [0.717, 1.165) is 59.8 Å². The number of quaternary nitrogens is 1. The summed E-state index contributed by atoms with van der Waals surface area (Å²) in [7, 11) is 0. The molecule has 0 aromatic heterocycles. The van der Waals surface area contributed by atoms with Crippen molar-refractivity contribution in [1.29, 1.82) is 0 Å². The van der Waals surface area contributed by atoms with Crippen LogP contribution in [0.3, 0.4) is 0 Å². The van der Waals surface area contributed by atoms with E-state index >= 15 is 0 Å². The summed E-state index contributed by atoms with van der Waals surface area (Å²) < 4.78 is 6.42. The fourth-order valence-corrected chi connectivity index (χ4v) is 3.92. The highest BCUT2D eigenvalue weighted by atomic mass is 35.5. The van der Waals surface area contributed by atoms with Gasteiger partial charge >= 0.3 is 0 Å². The lowest BCUT2D eigenvalue weighted by Crippen LogP contribution is -2.52. The van der Waals surface area contributed by atoms with Crippen molar-refractivity contribution < 1.29 is 14.0 Å². The molecule has 0 aliphatic heterocycles. The molecular weight excluding hydrogens is 384 g/mol. The molecule has 158 valence electrons. The van der Waals surface area contributed by atoms with E-state index in [4.69, 9.17) is 16.3 Å². The van der Waals surface area contributed by atoms with Crippen LogP contribution in [0.5, 0.6) is 5.75 Å². The van der Waals surface area contributed by atoms with Crippen LogP contribution in [0.15, 0.2) is 48.5 Å². The average molecular weight is 418 g/mol. The van der Waals surface area contributed by atoms with Gasteiger partial charge in [-0.25, -0.2) is 0 Å². The Balaban J connectivity index is 2.12. The maximum Gasteiger partial charge on any atom is 0.279 e. The van der Waals surface area contributed by atoms with Crippen molar-refractivity contribution in [2.45, 2.75) is 46.6 Å². The molecule has 0 fully saturated rings. The molecular formula is C24H34ClN2O2+. The molecule has 0 heterocycles. The third kappa shape index (κ3) is 7.71. The number of carbonyl (C=O) groups excluding carboxylic acids is 1.